The van der Waals surface area contributed by atoms with E-state index in [9.17, 15) is 18.0 Å². The van der Waals surface area contributed by atoms with E-state index in [1.165, 1.54) is 18.2 Å². The maximum Gasteiger partial charge on any atom is 0.418 e. The van der Waals surface area contributed by atoms with Gasteiger partial charge in [-0.15, -0.1) is 0 Å². The van der Waals surface area contributed by atoms with Gasteiger partial charge in [0, 0.05) is 0 Å². The molecule has 1 aromatic rings. The summed E-state index contributed by atoms with van der Waals surface area (Å²) in [4.78, 5) is 13.1. The SMILES string of the molecule is CC1(CCN)CN(c2ccccc2C(F)(F)F)C(=O)CO1. The van der Waals surface area contributed by atoms with Crippen LogP contribution in [-0.2, 0) is 15.7 Å². The molecule has 4 nitrogen and oxygen atoms in total. The highest BCUT2D eigenvalue weighted by Gasteiger charge is 2.40. The van der Waals surface area contributed by atoms with Crippen molar-refractivity contribution < 1.29 is 22.7 Å². The Hall–Kier alpha value is -1.60. The van der Waals surface area contributed by atoms with Gasteiger partial charge in [0.05, 0.1) is 23.4 Å². The number of rotatable bonds is 3. The summed E-state index contributed by atoms with van der Waals surface area (Å²) in [6, 6.07) is 5.05. The number of ether oxygens (including phenoxy) is 1. The van der Waals surface area contributed by atoms with Gasteiger partial charge in [-0.05, 0) is 32.0 Å². The van der Waals surface area contributed by atoms with Crippen molar-refractivity contribution in [3.63, 3.8) is 0 Å². The summed E-state index contributed by atoms with van der Waals surface area (Å²) >= 11 is 0. The fourth-order valence-electron chi connectivity index (χ4n) is 2.41. The molecule has 0 saturated carbocycles. The lowest BCUT2D eigenvalue weighted by Gasteiger charge is -2.40. The van der Waals surface area contributed by atoms with Crippen LogP contribution in [0.1, 0.15) is 18.9 Å². The number of nitrogens with two attached hydrogens (primary N) is 1. The Bertz CT molecular complexity index is 533. The van der Waals surface area contributed by atoms with Crippen molar-refractivity contribution in [2.24, 2.45) is 5.73 Å². The van der Waals surface area contributed by atoms with Gasteiger partial charge in [-0.1, -0.05) is 12.1 Å². The minimum atomic E-state index is -4.51. The van der Waals surface area contributed by atoms with Crippen LogP contribution in [-0.4, -0.2) is 31.2 Å². The Balaban J connectivity index is 2.38. The molecule has 0 spiro atoms. The van der Waals surface area contributed by atoms with Crippen LogP contribution in [0.3, 0.4) is 0 Å². The molecule has 2 rings (SSSR count). The molecule has 1 aromatic carbocycles. The van der Waals surface area contributed by atoms with E-state index >= 15 is 0 Å². The second-order valence-electron chi connectivity index (χ2n) is 5.27. The number of alkyl halides is 3. The number of nitrogens with zero attached hydrogens (tertiary/aromatic N) is 1. The molecule has 1 fully saturated rings. The van der Waals surface area contributed by atoms with Gasteiger partial charge >= 0.3 is 6.18 Å². The van der Waals surface area contributed by atoms with Crippen LogP contribution in [0.15, 0.2) is 24.3 Å². The minimum Gasteiger partial charge on any atom is -0.364 e. The smallest absolute Gasteiger partial charge is 0.364 e. The second-order valence-corrected chi connectivity index (χ2v) is 5.27. The average molecular weight is 302 g/mol. The lowest BCUT2D eigenvalue weighted by atomic mass is 9.98. The molecular weight excluding hydrogens is 285 g/mol. The highest BCUT2D eigenvalue weighted by molar-refractivity contribution is 5.96. The van der Waals surface area contributed by atoms with Gasteiger partial charge in [0.25, 0.3) is 5.91 Å². The monoisotopic (exact) mass is 302 g/mol. The predicted molar refractivity (Wildman–Crippen MR) is 71.8 cm³/mol. The first-order chi connectivity index (χ1) is 9.77. The first kappa shape index (κ1) is 15.8. The quantitative estimate of drug-likeness (QED) is 0.931. The number of anilines is 1. The van der Waals surface area contributed by atoms with Crippen molar-refractivity contribution >= 4 is 11.6 Å². The number of para-hydroxylation sites is 1. The third-order valence-corrected chi connectivity index (χ3v) is 3.51. The first-order valence-electron chi connectivity index (χ1n) is 6.57. The number of hydrogen-bond donors (Lipinski definition) is 1. The molecule has 116 valence electrons. The fourth-order valence-corrected chi connectivity index (χ4v) is 2.41. The third kappa shape index (κ3) is 3.36. The van der Waals surface area contributed by atoms with Gasteiger partial charge in [-0.2, -0.15) is 13.2 Å². The van der Waals surface area contributed by atoms with E-state index in [0.29, 0.717) is 13.0 Å². The van der Waals surface area contributed by atoms with Gasteiger partial charge in [0.2, 0.25) is 0 Å². The number of morpholine rings is 1. The van der Waals surface area contributed by atoms with Crippen molar-refractivity contribution in [2.75, 3.05) is 24.6 Å². The maximum absolute atomic E-state index is 13.1. The molecule has 1 heterocycles. The highest BCUT2D eigenvalue weighted by Crippen LogP contribution is 2.38. The van der Waals surface area contributed by atoms with Gasteiger partial charge in [-0.3, -0.25) is 4.79 Å². The summed E-state index contributed by atoms with van der Waals surface area (Å²) in [5.74, 6) is -0.485. The first-order valence-corrected chi connectivity index (χ1v) is 6.57. The largest absolute Gasteiger partial charge is 0.418 e. The van der Waals surface area contributed by atoms with Crippen LogP contribution in [0.25, 0.3) is 0 Å². The normalized spacial score (nSPS) is 23.5. The molecule has 0 aromatic heterocycles. The standard InChI is InChI=1S/C14H17F3N2O2/c1-13(6-7-18)9-19(12(20)8-21-13)11-5-3-2-4-10(11)14(15,16)17/h2-5H,6-9,18H2,1H3. The molecule has 0 aliphatic carbocycles. The van der Waals surface area contributed by atoms with Crippen LogP contribution >= 0.6 is 0 Å². The Morgan fingerprint density at radius 2 is 2.05 bits per heavy atom. The predicted octanol–water partition coefficient (Wildman–Crippen LogP) is 2.18. The molecule has 1 saturated heterocycles. The van der Waals surface area contributed by atoms with Crippen molar-refractivity contribution in [3.05, 3.63) is 29.8 Å². The second kappa shape index (κ2) is 5.65. The van der Waals surface area contributed by atoms with E-state index in [2.05, 4.69) is 0 Å². The molecule has 0 bridgehead atoms. The average Bonchev–Trinajstić information content (AvgIpc) is 2.41. The van der Waals surface area contributed by atoms with Gasteiger partial charge in [-0.25, -0.2) is 0 Å². The number of carbonyl (C=O) groups is 1. The molecule has 1 aliphatic rings. The van der Waals surface area contributed by atoms with Crippen LogP contribution in [0.4, 0.5) is 18.9 Å². The van der Waals surface area contributed by atoms with Crippen molar-refractivity contribution in [1.29, 1.82) is 0 Å². The van der Waals surface area contributed by atoms with E-state index < -0.39 is 23.2 Å². The van der Waals surface area contributed by atoms with E-state index in [1.54, 1.807) is 6.92 Å². The number of benzene rings is 1. The van der Waals surface area contributed by atoms with Crippen LogP contribution < -0.4 is 10.6 Å². The molecular formula is C14H17F3N2O2. The van der Waals surface area contributed by atoms with Crippen LogP contribution in [0, 0.1) is 0 Å². The van der Waals surface area contributed by atoms with Crippen molar-refractivity contribution in [2.45, 2.75) is 25.1 Å². The Kier molecular flexibility index (Phi) is 4.25. The summed E-state index contributed by atoms with van der Waals surface area (Å²) in [6.07, 6.45) is -4.05. The summed E-state index contributed by atoms with van der Waals surface area (Å²) in [7, 11) is 0. The lowest BCUT2D eigenvalue weighted by molar-refractivity contribution is -0.140. The molecule has 0 radical (unpaired) electrons. The number of halogens is 3. The molecule has 2 N–H and O–H groups in total. The molecule has 1 unspecified atom stereocenters. The number of amides is 1. The van der Waals surface area contributed by atoms with Crippen molar-refractivity contribution in [3.8, 4) is 0 Å². The van der Waals surface area contributed by atoms with Crippen molar-refractivity contribution in [1.82, 2.24) is 0 Å². The van der Waals surface area contributed by atoms with Gasteiger partial charge in [0.15, 0.2) is 0 Å². The Morgan fingerprint density at radius 3 is 2.67 bits per heavy atom. The van der Waals surface area contributed by atoms with Crippen LogP contribution in [0.2, 0.25) is 0 Å². The topological polar surface area (TPSA) is 55.6 Å². The number of carbonyl (C=O) groups excluding carboxylic acids is 1. The minimum absolute atomic E-state index is 0.0517. The highest BCUT2D eigenvalue weighted by atomic mass is 19.4. The molecule has 21 heavy (non-hydrogen) atoms. The lowest BCUT2D eigenvalue weighted by Crippen LogP contribution is -2.54. The molecule has 7 heteroatoms. The molecule has 1 aliphatic heterocycles. The zero-order valence-electron chi connectivity index (χ0n) is 11.6. The Morgan fingerprint density at radius 1 is 1.38 bits per heavy atom. The zero-order valence-corrected chi connectivity index (χ0v) is 11.6. The van der Waals surface area contributed by atoms with Gasteiger partial charge in [0.1, 0.15) is 6.61 Å². The summed E-state index contributed by atoms with van der Waals surface area (Å²) < 4.78 is 44.7. The summed E-state index contributed by atoms with van der Waals surface area (Å²) in [5.41, 5.74) is 3.80. The number of hydrogen-bond acceptors (Lipinski definition) is 3. The van der Waals surface area contributed by atoms with E-state index in [-0.39, 0.29) is 18.8 Å². The van der Waals surface area contributed by atoms with Gasteiger partial charge < -0.3 is 15.4 Å². The van der Waals surface area contributed by atoms with E-state index in [0.717, 1.165) is 11.0 Å². The van der Waals surface area contributed by atoms with Crippen LogP contribution in [0.5, 0.6) is 0 Å². The zero-order chi connectivity index (χ0) is 15.7. The third-order valence-electron chi connectivity index (χ3n) is 3.51. The molecule has 1 atom stereocenters. The fraction of sp³-hybridized carbons (Fsp3) is 0.500. The van der Waals surface area contributed by atoms with E-state index in [1.807, 2.05) is 0 Å². The summed E-state index contributed by atoms with van der Waals surface area (Å²) in [5, 5.41) is 0. The Labute approximate surface area is 120 Å². The van der Waals surface area contributed by atoms with E-state index in [4.69, 9.17) is 10.5 Å². The summed E-state index contributed by atoms with van der Waals surface area (Å²) in [6.45, 7) is 1.88. The molecule has 1 amide bonds. The maximum atomic E-state index is 13.1.